The van der Waals surface area contributed by atoms with E-state index >= 15 is 0 Å². The first kappa shape index (κ1) is 38.3. The molecule has 1 saturated carbocycles. The van der Waals surface area contributed by atoms with Crippen molar-refractivity contribution in [2.45, 2.75) is 76.6 Å². The summed E-state index contributed by atoms with van der Waals surface area (Å²) in [6.07, 6.45) is 13.9. The van der Waals surface area contributed by atoms with Crippen molar-refractivity contribution < 1.29 is 20.1 Å². The van der Waals surface area contributed by atoms with Crippen molar-refractivity contribution in [2.24, 2.45) is 5.92 Å². The van der Waals surface area contributed by atoms with Crippen LogP contribution in [-0.4, -0.2) is 28.2 Å². The van der Waals surface area contributed by atoms with Gasteiger partial charge in [0, 0.05) is 41.9 Å². The van der Waals surface area contributed by atoms with Crippen LogP contribution >= 0.6 is 11.3 Å². The van der Waals surface area contributed by atoms with Crippen molar-refractivity contribution in [3.05, 3.63) is 132 Å². The minimum absolute atomic E-state index is 0. The molecule has 0 N–H and O–H groups in total. The van der Waals surface area contributed by atoms with Crippen molar-refractivity contribution in [1.29, 1.82) is 0 Å². The van der Waals surface area contributed by atoms with Crippen LogP contribution in [0.4, 0.5) is 0 Å². The van der Waals surface area contributed by atoms with Crippen molar-refractivity contribution in [3.63, 3.8) is 0 Å². The first-order chi connectivity index (χ1) is 24.6. The van der Waals surface area contributed by atoms with E-state index in [1.807, 2.05) is 54.2 Å². The molecule has 4 heterocycles. The Morgan fingerprint density at radius 2 is 1.58 bits per heavy atom. The SMILES string of the molecule is Cc1cc(C)c(-c2ccc3c(c2)sc2c(-c4cc(CC5CCCCC5)ccn4)[c-]cnc23)c(C)c1.[CH3][Ge]([CH3])([CH3])[c]1ccc(-c2[c-]cccc2)nc1.[Ir]. The summed E-state index contributed by atoms with van der Waals surface area (Å²) in [5.41, 5.74) is 13.2. The molecule has 1 fully saturated rings. The van der Waals surface area contributed by atoms with Gasteiger partial charge in [-0.05, 0) is 84.1 Å². The number of benzene rings is 3. The molecule has 0 aliphatic heterocycles. The molecule has 0 atom stereocenters. The van der Waals surface area contributed by atoms with Crippen molar-refractivity contribution in [3.8, 4) is 33.6 Å². The molecule has 0 unspecified atom stereocenters. The maximum Gasteiger partial charge on any atom is 0 e. The van der Waals surface area contributed by atoms with Gasteiger partial charge >= 0.3 is 99.8 Å². The van der Waals surface area contributed by atoms with Gasteiger partial charge in [-0.1, -0.05) is 73.6 Å². The van der Waals surface area contributed by atoms with Crippen LogP contribution in [0.15, 0.2) is 97.5 Å². The molecular weight excluding hydrogens is 891 g/mol. The van der Waals surface area contributed by atoms with Crippen molar-refractivity contribution >= 4 is 49.3 Å². The quantitative estimate of drug-likeness (QED) is 0.123. The summed E-state index contributed by atoms with van der Waals surface area (Å²) < 4.78 is 3.89. The van der Waals surface area contributed by atoms with Gasteiger partial charge in [0.2, 0.25) is 0 Å². The normalized spacial score (nSPS) is 13.4. The second kappa shape index (κ2) is 16.7. The zero-order valence-corrected chi connectivity index (χ0v) is 36.5. The summed E-state index contributed by atoms with van der Waals surface area (Å²) in [4.78, 5) is 14.0. The Morgan fingerprint density at radius 3 is 2.27 bits per heavy atom. The molecule has 4 aromatic heterocycles. The molecule has 267 valence electrons. The zero-order chi connectivity index (χ0) is 35.5. The maximum absolute atomic E-state index is 4.77. The third kappa shape index (κ3) is 8.66. The number of hydrogen-bond donors (Lipinski definition) is 0. The van der Waals surface area contributed by atoms with Gasteiger partial charge < -0.3 is 4.98 Å². The summed E-state index contributed by atoms with van der Waals surface area (Å²) in [7, 11) is 0. The second-order valence-electron chi connectivity index (χ2n) is 15.3. The van der Waals surface area contributed by atoms with E-state index in [4.69, 9.17) is 9.97 Å². The number of aromatic nitrogens is 3. The Labute approximate surface area is 330 Å². The summed E-state index contributed by atoms with van der Waals surface area (Å²) >= 11 is 0.0987. The van der Waals surface area contributed by atoms with E-state index in [9.17, 15) is 0 Å². The number of rotatable bonds is 6. The van der Waals surface area contributed by atoms with Gasteiger partial charge in [-0.3, -0.25) is 4.98 Å². The van der Waals surface area contributed by atoms with E-state index in [1.165, 1.54) is 84.7 Å². The Morgan fingerprint density at radius 1 is 0.788 bits per heavy atom. The third-order valence-electron chi connectivity index (χ3n) is 10.2. The van der Waals surface area contributed by atoms with Gasteiger partial charge in [-0.15, -0.1) is 5.56 Å². The maximum atomic E-state index is 4.77. The Bertz CT molecular complexity index is 2260. The van der Waals surface area contributed by atoms with Crippen LogP contribution in [0.1, 0.15) is 54.4 Å². The van der Waals surface area contributed by atoms with Gasteiger partial charge in [0.1, 0.15) is 0 Å². The van der Waals surface area contributed by atoms with Crippen LogP contribution in [-0.2, 0) is 26.5 Å². The van der Waals surface area contributed by atoms with Gasteiger partial charge in [0.05, 0.1) is 0 Å². The first-order valence-electron chi connectivity index (χ1n) is 18.3. The Balaban J connectivity index is 0.000000230. The minimum atomic E-state index is -1.72. The predicted octanol–water partition coefficient (Wildman–Crippen LogP) is 12.1. The number of thiophene rings is 1. The number of hydrogen-bond acceptors (Lipinski definition) is 4. The molecule has 0 bridgehead atoms. The molecule has 0 saturated heterocycles. The summed E-state index contributed by atoms with van der Waals surface area (Å²) in [6.45, 7) is 6.59. The van der Waals surface area contributed by atoms with Crippen LogP contribution < -0.4 is 4.40 Å². The predicted molar refractivity (Wildman–Crippen MR) is 221 cm³/mol. The minimum Gasteiger partial charge on any atom is 0 e. The van der Waals surface area contributed by atoms with E-state index in [1.54, 1.807) is 0 Å². The molecule has 3 aromatic carbocycles. The van der Waals surface area contributed by atoms with Crippen LogP contribution in [0.5, 0.6) is 0 Å². The van der Waals surface area contributed by atoms with Gasteiger partial charge in [-0.2, -0.15) is 6.07 Å². The molecule has 1 aliphatic rings. The van der Waals surface area contributed by atoms with Gasteiger partial charge in [0.25, 0.3) is 0 Å². The van der Waals surface area contributed by atoms with Crippen LogP contribution in [0.3, 0.4) is 0 Å². The molecule has 0 spiro atoms. The molecule has 1 aliphatic carbocycles. The Hall–Kier alpha value is -3.48. The van der Waals surface area contributed by atoms with E-state index in [-0.39, 0.29) is 20.1 Å². The molecule has 7 aromatic rings. The fraction of sp³-hybridized carbons (Fsp3) is 0.283. The summed E-state index contributed by atoms with van der Waals surface area (Å²) in [5.74, 6) is 7.96. The standard InChI is InChI=1S/C32H31N2S.C14H16GeN.Ir/c1-20-15-21(2)30(22(3)16-20)25-9-10-27-29(19-25)35-32-26(12-14-34-31(27)32)28-18-24(11-13-33-28)17-23-7-5-4-6-8-23;1-15(2,3)13-9-10-14(16-11-13)12-7-5-4-6-8-12;/h9-11,13-16,18-19,23H,4-8,17H2,1-3H3;4-7,9-11H,1-3H3;/q2*-1;. The Kier molecular flexibility index (Phi) is 12.3. The molecule has 8 rings (SSSR count). The van der Waals surface area contributed by atoms with Crippen LogP contribution in [0.2, 0.25) is 17.3 Å². The van der Waals surface area contributed by atoms with Crippen LogP contribution in [0, 0.1) is 38.8 Å². The van der Waals surface area contributed by atoms with Crippen LogP contribution in [0.25, 0.3) is 53.9 Å². The van der Waals surface area contributed by atoms with E-state index in [2.05, 4.69) is 110 Å². The number of nitrogens with zero attached hydrogens (tertiary/aromatic N) is 3. The molecular formula is C46H47GeIrN3S-2. The molecule has 0 amide bonds. The number of pyridine rings is 3. The van der Waals surface area contributed by atoms with Crippen molar-refractivity contribution in [1.82, 2.24) is 15.0 Å². The molecule has 52 heavy (non-hydrogen) atoms. The topological polar surface area (TPSA) is 38.7 Å². The summed E-state index contributed by atoms with van der Waals surface area (Å²) in [6, 6.07) is 34.8. The van der Waals surface area contributed by atoms with Crippen molar-refractivity contribution in [2.75, 3.05) is 0 Å². The third-order valence-corrected chi connectivity index (χ3v) is 15.6. The van der Waals surface area contributed by atoms with E-state index in [0.717, 1.165) is 40.4 Å². The molecule has 6 heteroatoms. The summed E-state index contributed by atoms with van der Waals surface area (Å²) in [5, 5.41) is 1.21. The molecule has 1 radical (unpaired) electrons. The smallest absolute Gasteiger partial charge is 0 e. The monoisotopic (exact) mass is 940 g/mol. The average Bonchev–Trinajstić information content (AvgIpc) is 3.50. The van der Waals surface area contributed by atoms with E-state index < -0.39 is 13.3 Å². The zero-order valence-electron chi connectivity index (χ0n) is 31.1. The largest absolute Gasteiger partial charge is 0 e. The first-order valence-corrected chi connectivity index (χ1v) is 26.5. The number of fused-ring (bicyclic) bond motifs is 3. The fourth-order valence-electron chi connectivity index (χ4n) is 7.60. The van der Waals surface area contributed by atoms with E-state index in [0.29, 0.717) is 0 Å². The van der Waals surface area contributed by atoms with Gasteiger partial charge in [0.15, 0.2) is 0 Å². The van der Waals surface area contributed by atoms with Gasteiger partial charge in [-0.25, -0.2) is 11.3 Å². The number of aryl methyl sites for hydroxylation is 3. The second-order valence-corrected chi connectivity index (χ2v) is 27.0. The average molecular weight is 939 g/mol. The fourth-order valence-corrected chi connectivity index (χ4v) is 11.0. The molecule has 3 nitrogen and oxygen atoms in total.